The van der Waals surface area contributed by atoms with Gasteiger partial charge in [0.1, 0.15) is 0 Å². The van der Waals surface area contributed by atoms with E-state index in [0.29, 0.717) is 0 Å². The molecule has 0 fully saturated rings. The summed E-state index contributed by atoms with van der Waals surface area (Å²) in [4.78, 5) is 0. The van der Waals surface area contributed by atoms with Crippen LogP contribution in [0, 0.1) is 0 Å². The van der Waals surface area contributed by atoms with Crippen molar-refractivity contribution in [3.8, 4) is 0 Å². The Morgan fingerprint density at radius 2 is 2.25 bits per heavy atom. The topological polar surface area (TPSA) is 32.6 Å². The molecular formula is C10H15NO. The minimum absolute atomic E-state index is 1.00. The summed E-state index contributed by atoms with van der Waals surface area (Å²) in [5.41, 5.74) is 4.08. The third-order valence-electron chi connectivity index (χ3n) is 2.26. The summed E-state index contributed by atoms with van der Waals surface area (Å²) in [5.74, 6) is 0. The maximum absolute atomic E-state index is 8.31. The number of hydrogen-bond acceptors (Lipinski definition) is 2. The smallest absolute Gasteiger partial charge is 0.0690 e. The van der Waals surface area contributed by atoms with Crippen LogP contribution in [0.3, 0.4) is 0 Å². The summed E-state index contributed by atoms with van der Waals surface area (Å²) < 4.78 is 0. The fourth-order valence-corrected chi connectivity index (χ4v) is 1.40. The van der Waals surface area contributed by atoms with Crippen LogP contribution in [-0.2, 0) is 0 Å². The number of allylic oxidation sites excluding steroid dienone is 4. The largest absolute Gasteiger partial charge is 0.411 e. The maximum Gasteiger partial charge on any atom is 0.0690 e. The van der Waals surface area contributed by atoms with Crippen LogP contribution in [0.2, 0.25) is 0 Å². The second kappa shape index (κ2) is 4.10. The van der Waals surface area contributed by atoms with Gasteiger partial charge in [0.2, 0.25) is 0 Å². The molecule has 0 atom stereocenters. The second-order valence-electron chi connectivity index (χ2n) is 3.33. The molecule has 1 aliphatic rings. The van der Waals surface area contributed by atoms with Crippen LogP contribution in [0.4, 0.5) is 0 Å². The van der Waals surface area contributed by atoms with E-state index in [1.54, 1.807) is 0 Å². The number of rotatable bonds is 1. The maximum atomic E-state index is 8.31. The van der Waals surface area contributed by atoms with Crippen molar-refractivity contribution in [2.24, 2.45) is 5.16 Å². The minimum Gasteiger partial charge on any atom is -0.411 e. The fraction of sp³-hybridized carbons (Fsp3) is 0.500. The quantitative estimate of drug-likeness (QED) is 0.275. The zero-order valence-corrected chi connectivity index (χ0v) is 7.67. The highest BCUT2D eigenvalue weighted by atomic mass is 16.4. The van der Waals surface area contributed by atoms with Crippen LogP contribution < -0.4 is 0 Å². The lowest BCUT2D eigenvalue weighted by molar-refractivity contribution is 0.321. The van der Waals surface area contributed by atoms with Crippen molar-refractivity contribution in [1.82, 2.24) is 0 Å². The van der Waals surface area contributed by atoms with Gasteiger partial charge in [-0.15, -0.1) is 0 Å². The van der Waals surface area contributed by atoms with E-state index in [1.165, 1.54) is 17.4 Å². The molecule has 0 spiro atoms. The van der Waals surface area contributed by atoms with E-state index in [2.05, 4.69) is 25.1 Å². The average Bonchev–Trinajstić information content (AvgIpc) is 2.06. The third-order valence-corrected chi connectivity index (χ3v) is 2.26. The Bertz CT molecular complexity index is 245. The van der Waals surface area contributed by atoms with Crippen molar-refractivity contribution in [1.29, 1.82) is 0 Å². The van der Waals surface area contributed by atoms with Gasteiger partial charge in [-0.1, -0.05) is 22.4 Å². The van der Waals surface area contributed by atoms with Crippen molar-refractivity contribution in [2.45, 2.75) is 33.1 Å². The van der Waals surface area contributed by atoms with Crippen molar-refractivity contribution in [2.75, 3.05) is 0 Å². The van der Waals surface area contributed by atoms with Gasteiger partial charge in [-0.2, -0.15) is 0 Å². The SMILES string of the molecule is CC(C)=C1CC=C(/C=N/O)CC1. The summed E-state index contributed by atoms with van der Waals surface area (Å²) in [5, 5.41) is 11.3. The first-order chi connectivity index (χ1) is 5.74. The predicted molar refractivity (Wildman–Crippen MR) is 50.6 cm³/mol. The molecule has 0 aliphatic heterocycles. The van der Waals surface area contributed by atoms with Crippen LogP contribution in [0.15, 0.2) is 28.0 Å². The zero-order chi connectivity index (χ0) is 8.97. The molecule has 0 heterocycles. The summed E-state index contributed by atoms with van der Waals surface area (Å²) in [6.45, 7) is 4.29. The summed E-state index contributed by atoms with van der Waals surface area (Å²) in [7, 11) is 0. The molecule has 0 saturated heterocycles. The van der Waals surface area contributed by atoms with Crippen molar-refractivity contribution in [3.63, 3.8) is 0 Å². The molecule has 0 aromatic heterocycles. The highest BCUT2D eigenvalue weighted by Gasteiger charge is 2.06. The number of oxime groups is 1. The van der Waals surface area contributed by atoms with Gasteiger partial charge in [-0.25, -0.2) is 0 Å². The van der Waals surface area contributed by atoms with Gasteiger partial charge in [-0.05, 0) is 38.7 Å². The molecule has 12 heavy (non-hydrogen) atoms. The normalized spacial score (nSPS) is 18.2. The highest BCUT2D eigenvalue weighted by Crippen LogP contribution is 2.24. The van der Waals surface area contributed by atoms with E-state index in [9.17, 15) is 0 Å². The number of nitrogens with zero attached hydrogens (tertiary/aromatic N) is 1. The van der Waals surface area contributed by atoms with Gasteiger partial charge < -0.3 is 5.21 Å². The summed E-state index contributed by atoms with van der Waals surface area (Å²) in [6, 6.07) is 0. The van der Waals surface area contributed by atoms with Gasteiger partial charge >= 0.3 is 0 Å². The number of hydrogen-bond donors (Lipinski definition) is 1. The van der Waals surface area contributed by atoms with Crippen LogP contribution in [-0.4, -0.2) is 11.4 Å². The van der Waals surface area contributed by atoms with Gasteiger partial charge in [0, 0.05) is 0 Å². The van der Waals surface area contributed by atoms with Crippen molar-refractivity contribution in [3.05, 3.63) is 22.8 Å². The van der Waals surface area contributed by atoms with E-state index in [0.717, 1.165) is 24.8 Å². The first kappa shape index (κ1) is 9.04. The van der Waals surface area contributed by atoms with Gasteiger partial charge in [0.25, 0.3) is 0 Å². The molecule has 2 nitrogen and oxygen atoms in total. The molecule has 2 heteroatoms. The second-order valence-corrected chi connectivity index (χ2v) is 3.33. The molecule has 0 aromatic rings. The molecule has 1 N–H and O–H groups in total. The minimum atomic E-state index is 1.00. The predicted octanol–water partition coefficient (Wildman–Crippen LogP) is 2.89. The molecule has 0 saturated carbocycles. The zero-order valence-electron chi connectivity index (χ0n) is 7.67. The molecule has 0 aromatic carbocycles. The molecule has 0 bridgehead atoms. The van der Waals surface area contributed by atoms with Crippen LogP contribution in [0.1, 0.15) is 33.1 Å². The molecule has 0 radical (unpaired) electrons. The molecule has 0 amide bonds. The Morgan fingerprint density at radius 1 is 1.50 bits per heavy atom. The Labute approximate surface area is 73.3 Å². The van der Waals surface area contributed by atoms with E-state index in [-0.39, 0.29) is 0 Å². The van der Waals surface area contributed by atoms with E-state index in [1.807, 2.05) is 0 Å². The average molecular weight is 165 g/mol. The van der Waals surface area contributed by atoms with Gasteiger partial charge in [-0.3, -0.25) is 0 Å². The first-order valence-electron chi connectivity index (χ1n) is 4.25. The lowest BCUT2D eigenvalue weighted by Crippen LogP contribution is -1.97. The summed E-state index contributed by atoms with van der Waals surface area (Å²) >= 11 is 0. The highest BCUT2D eigenvalue weighted by molar-refractivity contribution is 5.78. The third kappa shape index (κ3) is 2.22. The monoisotopic (exact) mass is 165 g/mol. The standard InChI is InChI=1S/C10H15NO/c1-8(2)10-5-3-9(4-6-10)7-11-12/h3,7,12H,4-6H2,1-2H3/b11-7+. The Balaban J connectivity index is 2.65. The van der Waals surface area contributed by atoms with Crippen LogP contribution >= 0.6 is 0 Å². The summed E-state index contributed by atoms with van der Waals surface area (Å²) in [6.07, 6.45) is 6.79. The van der Waals surface area contributed by atoms with Gasteiger partial charge in [0.15, 0.2) is 0 Å². The Kier molecular flexibility index (Phi) is 3.09. The van der Waals surface area contributed by atoms with E-state index < -0.39 is 0 Å². The Hall–Kier alpha value is -1.05. The van der Waals surface area contributed by atoms with Gasteiger partial charge in [0.05, 0.1) is 6.21 Å². The molecule has 66 valence electrons. The molecule has 1 aliphatic carbocycles. The van der Waals surface area contributed by atoms with Crippen LogP contribution in [0.5, 0.6) is 0 Å². The van der Waals surface area contributed by atoms with Crippen molar-refractivity contribution >= 4 is 6.21 Å². The lowest BCUT2D eigenvalue weighted by Gasteiger charge is -2.13. The van der Waals surface area contributed by atoms with Crippen LogP contribution in [0.25, 0.3) is 0 Å². The van der Waals surface area contributed by atoms with Crippen molar-refractivity contribution < 1.29 is 5.21 Å². The van der Waals surface area contributed by atoms with E-state index in [4.69, 9.17) is 5.21 Å². The Morgan fingerprint density at radius 3 is 2.67 bits per heavy atom. The first-order valence-corrected chi connectivity index (χ1v) is 4.25. The molecule has 1 rings (SSSR count). The lowest BCUT2D eigenvalue weighted by atomic mass is 9.92. The molecular weight excluding hydrogens is 150 g/mol. The molecule has 0 unspecified atom stereocenters. The van der Waals surface area contributed by atoms with E-state index >= 15 is 0 Å². The fourth-order valence-electron chi connectivity index (χ4n) is 1.40.